The van der Waals surface area contributed by atoms with Gasteiger partial charge in [0.15, 0.2) is 0 Å². The number of phenols is 1. The van der Waals surface area contributed by atoms with Gasteiger partial charge in [-0.2, -0.15) is 0 Å². The number of phenolic OH excluding ortho intramolecular Hbond substituents is 1. The fourth-order valence-corrected chi connectivity index (χ4v) is 3.29. The number of nitrogens with zero attached hydrogens (tertiary/aromatic N) is 1. The van der Waals surface area contributed by atoms with Gasteiger partial charge in [-0.05, 0) is 24.6 Å². The van der Waals surface area contributed by atoms with Crippen molar-refractivity contribution in [2.24, 2.45) is 0 Å². The standard InChI is InChI=1S/C16H25BrN2O/c1-2-3-4-5-15(19-10-8-18-9-11-19)14-12-13(17)6-7-16(14)20/h6-7,12,15,18,20H,2-5,8-11H2,1H3/t15-/m0/s1. The summed E-state index contributed by atoms with van der Waals surface area (Å²) in [6.45, 7) is 6.43. The van der Waals surface area contributed by atoms with Crippen LogP contribution < -0.4 is 5.32 Å². The zero-order valence-electron chi connectivity index (χ0n) is 12.2. The summed E-state index contributed by atoms with van der Waals surface area (Å²) in [5.74, 6) is 0.424. The molecule has 0 bridgehead atoms. The van der Waals surface area contributed by atoms with Crippen molar-refractivity contribution in [3.05, 3.63) is 28.2 Å². The number of unbranched alkanes of at least 4 members (excludes halogenated alkanes) is 2. The average molecular weight is 341 g/mol. The highest BCUT2D eigenvalue weighted by Crippen LogP contribution is 2.34. The van der Waals surface area contributed by atoms with Crippen LogP contribution in [-0.4, -0.2) is 36.2 Å². The molecule has 1 aromatic carbocycles. The Morgan fingerprint density at radius 3 is 2.75 bits per heavy atom. The van der Waals surface area contributed by atoms with Gasteiger partial charge in [0.25, 0.3) is 0 Å². The minimum Gasteiger partial charge on any atom is -0.508 e. The molecule has 1 saturated heterocycles. The molecule has 0 saturated carbocycles. The quantitative estimate of drug-likeness (QED) is 0.775. The molecule has 1 aromatic rings. The van der Waals surface area contributed by atoms with E-state index in [-0.39, 0.29) is 0 Å². The second-order valence-corrected chi connectivity index (χ2v) is 6.42. The van der Waals surface area contributed by atoms with Gasteiger partial charge < -0.3 is 10.4 Å². The van der Waals surface area contributed by atoms with E-state index in [9.17, 15) is 5.11 Å². The number of hydrogen-bond acceptors (Lipinski definition) is 3. The third-order valence-electron chi connectivity index (χ3n) is 4.02. The lowest BCUT2D eigenvalue weighted by Crippen LogP contribution is -2.45. The van der Waals surface area contributed by atoms with Gasteiger partial charge in [-0.1, -0.05) is 42.1 Å². The third-order valence-corrected chi connectivity index (χ3v) is 4.52. The van der Waals surface area contributed by atoms with Crippen LogP contribution in [0.1, 0.15) is 44.2 Å². The second-order valence-electron chi connectivity index (χ2n) is 5.50. The number of hydrogen-bond donors (Lipinski definition) is 2. The molecule has 0 radical (unpaired) electrons. The largest absolute Gasteiger partial charge is 0.508 e. The van der Waals surface area contributed by atoms with Crippen molar-refractivity contribution in [1.82, 2.24) is 10.2 Å². The van der Waals surface area contributed by atoms with Gasteiger partial charge in [0, 0.05) is 42.3 Å². The molecular formula is C16H25BrN2O. The van der Waals surface area contributed by atoms with Gasteiger partial charge >= 0.3 is 0 Å². The first-order valence-electron chi connectivity index (χ1n) is 7.65. The fourth-order valence-electron chi connectivity index (χ4n) is 2.91. The average Bonchev–Trinajstić information content (AvgIpc) is 2.48. The van der Waals surface area contributed by atoms with Crippen LogP contribution in [0.2, 0.25) is 0 Å². The highest BCUT2D eigenvalue weighted by molar-refractivity contribution is 9.10. The van der Waals surface area contributed by atoms with Crippen molar-refractivity contribution in [1.29, 1.82) is 0 Å². The third kappa shape index (κ3) is 4.21. The molecule has 3 nitrogen and oxygen atoms in total. The van der Waals surface area contributed by atoms with E-state index in [0.29, 0.717) is 11.8 Å². The molecule has 20 heavy (non-hydrogen) atoms. The molecule has 0 spiro atoms. The zero-order valence-corrected chi connectivity index (χ0v) is 13.8. The summed E-state index contributed by atoms with van der Waals surface area (Å²) < 4.78 is 1.04. The van der Waals surface area contributed by atoms with Crippen molar-refractivity contribution in [3.8, 4) is 5.75 Å². The van der Waals surface area contributed by atoms with Gasteiger partial charge in [0.05, 0.1) is 0 Å². The monoisotopic (exact) mass is 340 g/mol. The van der Waals surface area contributed by atoms with E-state index >= 15 is 0 Å². The van der Waals surface area contributed by atoms with Crippen LogP contribution in [-0.2, 0) is 0 Å². The van der Waals surface area contributed by atoms with E-state index in [0.717, 1.165) is 42.6 Å². The number of piperazine rings is 1. The van der Waals surface area contributed by atoms with Gasteiger partial charge in [-0.15, -0.1) is 0 Å². The molecule has 112 valence electrons. The molecule has 0 aromatic heterocycles. The Balaban J connectivity index is 2.17. The first kappa shape index (κ1) is 15.8. The summed E-state index contributed by atoms with van der Waals surface area (Å²) in [7, 11) is 0. The van der Waals surface area contributed by atoms with E-state index in [1.165, 1.54) is 19.3 Å². The predicted octanol–water partition coefficient (Wildman–Crippen LogP) is 3.68. The maximum atomic E-state index is 10.2. The Bertz CT molecular complexity index is 419. The van der Waals surface area contributed by atoms with E-state index in [2.05, 4.69) is 39.1 Å². The summed E-state index contributed by atoms with van der Waals surface area (Å²) in [5.41, 5.74) is 1.07. The molecular weight excluding hydrogens is 316 g/mol. The van der Waals surface area contributed by atoms with Gasteiger partial charge in [-0.3, -0.25) is 4.90 Å². The molecule has 1 aliphatic heterocycles. The van der Waals surface area contributed by atoms with Crippen molar-refractivity contribution < 1.29 is 5.11 Å². The molecule has 1 aliphatic rings. The Morgan fingerprint density at radius 2 is 2.05 bits per heavy atom. The van der Waals surface area contributed by atoms with E-state index in [1.807, 2.05) is 6.07 Å². The molecule has 0 unspecified atom stereocenters. The van der Waals surface area contributed by atoms with Gasteiger partial charge in [0.1, 0.15) is 5.75 Å². The van der Waals surface area contributed by atoms with E-state index < -0.39 is 0 Å². The predicted molar refractivity (Wildman–Crippen MR) is 87.1 cm³/mol. The molecule has 4 heteroatoms. The Hall–Kier alpha value is -0.580. The van der Waals surface area contributed by atoms with Crippen LogP contribution >= 0.6 is 15.9 Å². The normalized spacial score (nSPS) is 18.1. The van der Waals surface area contributed by atoms with Crippen molar-refractivity contribution in [2.75, 3.05) is 26.2 Å². The first-order valence-corrected chi connectivity index (χ1v) is 8.45. The SMILES string of the molecule is CCCCC[C@@H](c1cc(Br)ccc1O)N1CCNCC1. The first-order chi connectivity index (χ1) is 9.72. The summed E-state index contributed by atoms with van der Waals surface area (Å²) in [6.07, 6.45) is 4.84. The minimum absolute atomic E-state index is 0.334. The van der Waals surface area contributed by atoms with Crippen LogP contribution in [0, 0.1) is 0 Å². The van der Waals surface area contributed by atoms with E-state index in [4.69, 9.17) is 0 Å². The lowest BCUT2D eigenvalue weighted by molar-refractivity contribution is 0.160. The Morgan fingerprint density at radius 1 is 1.30 bits per heavy atom. The fraction of sp³-hybridized carbons (Fsp3) is 0.625. The van der Waals surface area contributed by atoms with E-state index in [1.54, 1.807) is 6.07 Å². The number of benzene rings is 1. The zero-order chi connectivity index (χ0) is 14.4. The maximum absolute atomic E-state index is 10.2. The summed E-state index contributed by atoms with van der Waals surface area (Å²) >= 11 is 3.53. The van der Waals surface area contributed by atoms with Crippen molar-refractivity contribution in [3.63, 3.8) is 0 Å². The lowest BCUT2D eigenvalue weighted by Gasteiger charge is -2.35. The topological polar surface area (TPSA) is 35.5 Å². The molecule has 1 fully saturated rings. The number of aromatic hydroxyl groups is 1. The van der Waals surface area contributed by atoms with Crippen LogP contribution in [0.5, 0.6) is 5.75 Å². The van der Waals surface area contributed by atoms with Crippen molar-refractivity contribution in [2.45, 2.75) is 38.6 Å². The Kier molecular flexibility index (Phi) is 6.33. The maximum Gasteiger partial charge on any atom is 0.120 e. The number of rotatable bonds is 6. The second kappa shape index (κ2) is 8.01. The number of nitrogens with one attached hydrogen (secondary N) is 1. The summed E-state index contributed by atoms with van der Waals surface area (Å²) in [5, 5.41) is 13.6. The molecule has 0 amide bonds. The van der Waals surface area contributed by atoms with Gasteiger partial charge in [-0.25, -0.2) is 0 Å². The summed E-state index contributed by atoms with van der Waals surface area (Å²) in [4.78, 5) is 2.51. The summed E-state index contributed by atoms with van der Waals surface area (Å²) in [6, 6.07) is 6.11. The molecule has 2 rings (SSSR count). The highest BCUT2D eigenvalue weighted by Gasteiger charge is 2.24. The van der Waals surface area contributed by atoms with Gasteiger partial charge in [0.2, 0.25) is 0 Å². The molecule has 0 aliphatic carbocycles. The number of halogens is 1. The van der Waals surface area contributed by atoms with Crippen LogP contribution in [0.4, 0.5) is 0 Å². The molecule has 1 heterocycles. The van der Waals surface area contributed by atoms with Crippen molar-refractivity contribution >= 4 is 15.9 Å². The van der Waals surface area contributed by atoms with Crippen LogP contribution in [0.25, 0.3) is 0 Å². The molecule has 2 N–H and O–H groups in total. The van der Waals surface area contributed by atoms with Crippen LogP contribution in [0.3, 0.4) is 0 Å². The Labute approximate surface area is 130 Å². The van der Waals surface area contributed by atoms with Crippen LogP contribution in [0.15, 0.2) is 22.7 Å². The minimum atomic E-state index is 0.334. The lowest BCUT2D eigenvalue weighted by atomic mass is 9.97. The smallest absolute Gasteiger partial charge is 0.120 e. The molecule has 1 atom stereocenters. The highest BCUT2D eigenvalue weighted by atomic mass is 79.9.